The molecule has 0 aliphatic heterocycles. The predicted molar refractivity (Wildman–Crippen MR) is 85.0 cm³/mol. The van der Waals surface area contributed by atoms with Crippen molar-refractivity contribution in [3.8, 4) is 0 Å². The van der Waals surface area contributed by atoms with E-state index < -0.39 is 0 Å². The number of halogens is 2. The molecule has 22 heavy (non-hydrogen) atoms. The maximum Gasteiger partial charge on any atom is 0.280 e. The van der Waals surface area contributed by atoms with Crippen LogP contribution < -0.4 is 5.56 Å². The number of hydrogen-bond donors (Lipinski definition) is 0. The van der Waals surface area contributed by atoms with Gasteiger partial charge in [-0.1, -0.05) is 28.9 Å². The molecule has 114 valence electrons. The van der Waals surface area contributed by atoms with Crippen LogP contribution in [0, 0.1) is 0 Å². The minimum Gasteiger partial charge on any atom is -0.378 e. The van der Waals surface area contributed by atoms with E-state index in [2.05, 4.69) is 26.2 Å². The molecule has 0 bridgehead atoms. The quantitative estimate of drug-likeness (QED) is 0.691. The molecular formula is C14H11BrClN3O3. The van der Waals surface area contributed by atoms with E-state index in [4.69, 9.17) is 20.9 Å². The lowest BCUT2D eigenvalue weighted by Crippen LogP contribution is -2.24. The van der Waals surface area contributed by atoms with E-state index in [-0.39, 0.29) is 12.2 Å². The summed E-state index contributed by atoms with van der Waals surface area (Å²) in [5.41, 5.74) is 1.41. The number of methoxy groups -OCH3 is 1. The van der Waals surface area contributed by atoms with E-state index >= 15 is 0 Å². The summed E-state index contributed by atoms with van der Waals surface area (Å²) in [6.45, 7) is 0.516. The van der Waals surface area contributed by atoms with Crippen LogP contribution in [0.1, 0.15) is 11.3 Å². The summed E-state index contributed by atoms with van der Waals surface area (Å²) < 4.78 is 12.0. The zero-order valence-electron chi connectivity index (χ0n) is 11.5. The average molecular weight is 385 g/mol. The highest BCUT2D eigenvalue weighted by molar-refractivity contribution is 9.10. The van der Waals surface area contributed by atoms with Gasteiger partial charge in [-0.15, -0.1) is 0 Å². The van der Waals surface area contributed by atoms with Crippen molar-refractivity contribution < 1.29 is 9.26 Å². The van der Waals surface area contributed by atoms with E-state index in [0.29, 0.717) is 32.8 Å². The first-order valence-corrected chi connectivity index (χ1v) is 7.55. The van der Waals surface area contributed by atoms with Crippen molar-refractivity contribution in [1.29, 1.82) is 0 Å². The Morgan fingerprint density at radius 2 is 2.09 bits per heavy atom. The predicted octanol–water partition coefficient (Wildman–Crippen LogP) is 3.00. The second-order valence-electron chi connectivity index (χ2n) is 4.65. The first-order valence-electron chi connectivity index (χ1n) is 6.38. The van der Waals surface area contributed by atoms with Gasteiger partial charge in [0, 0.05) is 12.1 Å². The van der Waals surface area contributed by atoms with Crippen LogP contribution in [-0.4, -0.2) is 22.0 Å². The summed E-state index contributed by atoms with van der Waals surface area (Å²) in [7, 11) is 1.53. The van der Waals surface area contributed by atoms with Crippen LogP contribution in [0.5, 0.6) is 0 Å². The molecule has 1 aromatic carbocycles. The normalized spacial score (nSPS) is 11.2. The topological polar surface area (TPSA) is 70.2 Å². The summed E-state index contributed by atoms with van der Waals surface area (Å²) in [4.78, 5) is 12.6. The summed E-state index contributed by atoms with van der Waals surface area (Å²) in [5, 5.41) is 9.08. The third-order valence-corrected chi connectivity index (χ3v) is 3.90. The van der Waals surface area contributed by atoms with Gasteiger partial charge in [0.2, 0.25) is 5.58 Å². The molecule has 0 aliphatic carbocycles. The number of nitrogens with zero attached hydrogens (tertiary/aromatic N) is 3. The second kappa shape index (κ2) is 6.20. The van der Waals surface area contributed by atoms with E-state index in [1.54, 1.807) is 12.1 Å². The largest absolute Gasteiger partial charge is 0.378 e. The fourth-order valence-electron chi connectivity index (χ4n) is 2.12. The van der Waals surface area contributed by atoms with Gasteiger partial charge in [-0.05, 0) is 33.6 Å². The van der Waals surface area contributed by atoms with Crippen molar-refractivity contribution in [2.45, 2.75) is 13.2 Å². The molecular weight excluding hydrogens is 374 g/mol. The molecule has 0 radical (unpaired) electrons. The van der Waals surface area contributed by atoms with Gasteiger partial charge in [-0.25, -0.2) is 4.68 Å². The molecule has 0 saturated carbocycles. The molecule has 0 saturated heterocycles. The van der Waals surface area contributed by atoms with E-state index in [9.17, 15) is 4.79 Å². The van der Waals surface area contributed by atoms with Gasteiger partial charge in [0.1, 0.15) is 11.1 Å². The maximum atomic E-state index is 12.6. The van der Waals surface area contributed by atoms with Crippen molar-refractivity contribution in [2.75, 3.05) is 7.11 Å². The van der Waals surface area contributed by atoms with Crippen molar-refractivity contribution in [2.24, 2.45) is 0 Å². The zero-order valence-corrected chi connectivity index (χ0v) is 13.9. The van der Waals surface area contributed by atoms with Gasteiger partial charge < -0.3 is 9.26 Å². The molecule has 3 aromatic rings. The van der Waals surface area contributed by atoms with Crippen LogP contribution >= 0.6 is 27.5 Å². The number of rotatable bonds is 4. The Morgan fingerprint density at radius 3 is 2.77 bits per heavy atom. The fraction of sp³-hybridized carbons (Fsp3) is 0.214. The third kappa shape index (κ3) is 2.79. The minimum absolute atomic E-state index is 0.194. The Balaban J connectivity index is 2.10. The smallest absolute Gasteiger partial charge is 0.280 e. The average Bonchev–Trinajstić information content (AvgIpc) is 2.92. The molecule has 3 rings (SSSR count). The number of benzene rings is 1. The molecule has 6 nitrogen and oxygen atoms in total. The van der Waals surface area contributed by atoms with Crippen molar-refractivity contribution in [3.05, 3.63) is 55.5 Å². The highest BCUT2D eigenvalue weighted by Gasteiger charge is 2.18. The van der Waals surface area contributed by atoms with Crippen molar-refractivity contribution in [1.82, 2.24) is 14.9 Å². The molecule has 8 heteroatoms. The Bertz CT molecular complexity index is 873. The van der Waals surface area contributed by atoms with Crippen molar-refractivity contribution >= 4 is 38.5 Å². The number of fused-ring (bicyclic) bond motifs is 1. The Hall–Kier alpha value is -1.70. The van der Waals surface area contributed by atoms with Gasteiger partial charge >= 0.3 is 0 Å². The molecule has 0 unspecified atom stereocenters. The lowest BCUT2D eigenvalue weighted by atomic mass is 10.2. The van der Waals surface area contributed by atoms with Gasteiger partial charge in [0.15, 0.2) is 4.60 Å². The van der Waals surface area contributed by atoms with Gasteiger partial charge in [-0.2, -0.15) is 5.10 Å². The third-order valence-electron chi connectivity index (χ3n) is 3.13. The van der Waals surface area contributed by atoms with Crippen LogP contribution in [-0.2, 0) is 17.9 Å². The molecule has 2 heterocycles. The molecule has 0 amide bonds. The first-order chi connectivity index (χ1) is 10.6. The van der Waals surface area contributed by atoms with Crippen LogP contribution in [0.3, 0.4) is 0 Å². The summed E-state index contributed by atoms with van der Waals surface area (Å²) >= 11 is 9.17. The Morgan fingerprint density at radius 1 is 1.36 bits per heavy atom. The van der Waals surface area contributed by atoms with Gasteiger partial charge in [0.05, 0.1) is 13.2 Å². The van der Waals surface area contributed by atoms with Crippen LogP contribution in [0.2, 0.25) is 5.02 Å². The van der Waals surface area contributed by atoms with Gasteiger partial charge in [0.25, 0.3) is 5.56 Å². The molecule has 0 fully saturated rings. The summed E-state index contributed by atoms with van der Waals surface area (Å²) in [6.07, 6.45) is 0. The number of ether oxygens (including phenoxy) is 1. The molecule has 0 aliphatic rings. The second-order valence-corrected chi connectivity index (χ2v) is 5.83. The summed E-state index contributed by atoms with van der Waals surface area (Å²) in [5.74, 6) is 0. The first kappa shape index (κ1) is 15.2. The molecule has 2 aromatic heterocycles. The molecule has 0 N–H and O–H groups in total. The lowest BCUT2D eigenvalue weighted by Gasteiger charge is -2.06. The maximum absolute atomic E-state index is 12.6. The lowest BCUT2D eigenvalue weighted by molar-refractivity contribution is 0.178. The van der Waals surface area contributed by atoms with Crippen LogP contribution in [0.4, 0.5) is 0 Å². The highest BCUT2D eigenvalue weighted by atomic mass is 79.9. The molecule has 0 spiro atoms. The summed E-state index contributed by atoms with van der Waals surface area (Å²) in [6, 6.07) is 7.23. The van der Waals surface area contributed by atoms with Crippen LogP contribution in [0.15, 0.2) is 38.2 Å². The highest BCUT2D eigenvalue weighted by Crippen LogP contribution is 2.22. The number of hydrogen-bond acceptors (Lipinski definition) is 5. The zero-order chi connectivity index (χ0) is 15.7. The Kier molecular flexibility index (Phi) is 4.28. The minimum atomic E-state index is -0.276. The van der Waals surface area contributed by atoms with E-state index in [1.807, 2.05) is 12.1 Å². The van der Waals surface area contributed by atoms with Crippen LogP contribution in [0.25, 0.3) is 11.0 Å². The standard InChI is InChI=1S/C14H11BrClN3O3/c1-21-7-10-11-12(22-18-10)13(15)17-19(14(11)20)6-8-2-4-9(16)5-3-8/h2-5H,6-7H2,1H3. The monoisotopic (exact) mass is 383 g/mol. The van der Waals surface area contributed by atoms with Crippen molar-refractivity contribution in [3.63, 3.8) is 0 Å². The molecule has 0 atom stereocenters. The van der Waals surface area contributed by atoms with E-state index in [1.165, 1.54) is 11.8 Å². The fourth-order valence-corrected chi connectivity index (χ4v) is 2.70. The number of aromatic nitrogens is 3. The SMILES string of the molecule is COCc1noc2c(Br)nn(Cc3ccc(Cl)cc3)c(=O)c12. The van der Waals surface area contributed by atoms with Gasteiger partial charge in [-0.3, -0.25) is 4.79 Å². The van der Waals surface area contributed by atoms with E-state index in [0.717, 1.165) is 5.56 Å². The Labute approximate surface area is 138 Å².